The highest BCUT2D eigenvalue weighted by Crippen LogP contribution is 2.46. The lowest BCUT2D eigenvalue weighted by atomic mass is 9.97. The Labute approximate surface area is 227 Å². The number of carboxylic acid groups (broad SMARTS) is 2. The van der Waals surface area contributed by atoms with Gasteiger partial charge in [-0.25, -0.2) is 9.59 Å². The van der Waals surface area contributed by atoms with Crippen molar-refractivity contribution in [3.63, 3.8) is 0 Å². The van der Waals surface area contributed by atoms with E-state index in [0.29, 0.717) is 5.56 Å². The molecule has 1 aromatic rings. The Kier molecular flexibility index (Phi) is 9.72. The maximum Gasteiger partial charge on any atom is 0.373 e. The van der Waals surface area contributed by atoms with Crippen LogP contribution in [0.15, 0.2) is 47.4 Å². The Balaban J connectivity index is 1.70. The zero-order chi connectivity index (χ0) is 28.7. The molecule has 1 aromatic carbocycles. The average molecular weight is 564 g/mol. The summed E-state index contributed by atoms with van der Waals surface area (Å²) < 4.78 is 15.8. The Morgan fingerprint density at radius 1 is 1.23 bits per heavy atom. The van der Waals surface area contributed by atoms with Crippen LogP contribution in [0.1, 0.15) is 24.8 Å². The number of amides is 2. The van der Waals surface area contributed by atoms with Crippen LogP contribution < -0.4 is 11.1 Å². The van der Waals surface area contributed by atoms with Crippen LogP contribution in [0, 0.1) is 0 Å². The molecular formula is C25H29N3O10S. The third-order valence-corrected chi connectivity index (χ3v) is 7.47. The number of hydrogen-bond donors (Lipinski definition) is 4. The Bertz CT molecular complexity index is 1200. The van der Waals surface area contributed by atoms with Crippen LogP contribution in [-0.4, -0.2) is 88.6 Å². The van der Waals surface area contributed by atoms with Crippen molar-refractivity contribution >= 4 is 47.6 Å². The smallest absolute Gasteiger partial charge is 0.373 e. The first-order valence-electron chi connectivity index (χ1n) is 11.8. The van der Waals surface area contributed by atoms with Gasteiger partial charge in [0.15, 0.2) is 0 Å². The van der Waals surface area contributed by atoms with E-state index in [1.54, 1.807) is 24.3 Å². The number of esters is 1. The average Bonchev–Trinajstić information content (AvgIpc) is 2.92. The number of carbonyl (C=O) groups excluding carboxylic acids is 3. The van der Waals surface area contributed by atoms with Gasteiger partial charge in [0, 0.05) is 24.9 Å². The zero-order valence-corrected chi connectivity index (χ0v) is 22.1. The molecule has 2 aliphatic heterocycles. The van der Waals surface area contributed by atoms with Gasteiger partial charge in [0.1, 0.15) is 23.7 Å². The van der Waals surface area contributed by atoms with E-state index in [1.807, 2.05) is 6.07 Å². The van der Waals surface area contributed by atoms with Crippen LogP contribution in [0.2, 0.25) is 0 Å². The van der Waals surface area contributed by atoms with E-state index in [2.05, 4.69) is 5.32 Å². The summed E-state index contributed by atoms with van der Waals surface area (Å²) in [5, 5.41) is 20.4. The lowest BCUT2D eigenvalue weighted by Crippen LogP contribution is -2.80. The number of aliphatic carboxylic acids is 2. The first-order valence-corrected chi connectivity index (χ1v) is 12.8. The molecule has 0 aromatic heterocycles. The molecule has 0 bridgehead atoms. The summed E-state index contributed by atoms with van der Waals surface area (Å²) in [6, 6.07) is 7.78. The molecule has 2 aliphatic rings. The fourth-order valence-electron chi connectivity index (χ4n) is 4.06. The molecule has 1 saturated heterocycles. The second-order valence-electron chi connectivity index (χ2n) is 8.62. The second kappa shape index (κ2) is 12.8. The van der Waals surface area contributed by atoms with Crippen LogP contribution in [0.25, 0.3) is 6.08 Å². The molecule has 0 saturated carbocycles. The van der Waals surface area contributed by atoms with Gasteiger partial charge in [0.05, 0.1) is 7.11 Å². The summed E-state index contributed by atoms with van der Waals surface area (Å²) in [7, 11) is 2.51. The molecule has 0 spiro atoms. The van der Waals surface area contributed by atoms with Gasteiger partial charge in [-0.1, -0.05) is 30.3 Å². The van der Waals surface area contributed by atoms with Gasteiger partial charge < -0.3 is 35.5 Å². The number of nitrogens with two attached hydrogens (primary N) is 1. The van der Waals surface area contributed by atoms with E-state index in [4.69, 9.17) is 25.1 Å². The molecule has 2 amide bonds. The number of β-lactam (4-membered cyclic amide) rings is 1. The number of nitrogens with zero attached hydrogens (tertiary/aromatic N) is 1. The number of carboxylic acids is 2. The van der Waals surface area contributed by atoms with E-state index in [1.165, 1.54) is 20.3 Å². The molecule has 3 atom stereocenters. The van der Waals surface area contributed by atoms with Gasteiger partial charge in [-0.2, -0.15) is 0 Å². The number of rotatable bonds is 13. The zero-order valence-electron chi connectivity index (χ0n) is 21.2. The monoisotopic (exact) mass is 563 g/mol. The van der Waals surface area contributed by atoms with E-state index in [-0.39, 0.29) is 42.0 Å². The lowest BCUT2D eigenvalue weighted by molar-refractivity contribution is -0.192. The van der Waals surface area contributed by atoms with Crippen LogP contribution >= 0.6 is 11.8 Å². The van der Waals surface area contributed by atoms with Crippen LogP contribution in [0.5, 0.6) is 0 Å². The van der Waals surface area contributed by atoms with Crippen molar-refractivity contribution in [2.24, 2.45) is 5.73 Å². The van der Waals surface area contributed by atoms with Crippen molar-refractivity contribution in [3.05, 3.63) is 52.9 Å². The molecular weight excluding hydrogens is 534 g/mol. The van der Waals surface area contributed by atoms with Crippen molar-refractivity contribution in [1.29, 1.82) is 0 Å². The van der Waals surface area contributed by atoms with Crippen molar-refractivity contribution < 1.29 is 48.4 Å². The van der Waals surface area contributed by atoms with E-state index < -0.39 is 53.5 Å². The van der Waals surface area contributed by atoms with E-state index in [0.717, 1.165) is 16.7 Å². The summed E-state index contributed by atoms with van der Waals surface area (Å²) >= 11 is 1.13. The van der Waals surface area contributed by atoms with Crippen molar-refractivity contribution in [3.8, 4) is 0 Å². The first kappa shape index (κ1) is 29.7. The second-order valence-corrected chi connectivity index (χ2v) is 9.69. The number of thioether (sulfide) groups is 1. The lowest BCUT2D eigenvalue weighted by Gasteiger charge is -2.55. The minimum atomic E-state index is -1.80. The normalized spacial score (nSPS) is 21.4. The molecule has 210 valence electrons. The topological polar surface area (TPSA) is 195 Å². The van der Waals surface area contributed by atoms with E-state index >= 15 is 0 Å². The quantitative estimate of drug-likeness (QED) is 0.0855. The predicted molar refractivity (Wildman–Crippen MR) is 137 cm³/mol. The highest BCUT2D eigenvalue weighted by molar-refractivity contribution is 8.00. The van der Waals surface area contributed by atoms with Gasteiger partial charge in [0.2, 0.25) is 11.7 Å². The number of methoxy groups -OCH3 is 2. The SMILES string of the molecule is COC(=Cc1ccccc1)C(=O)OCC1=C(C(=O)O)N2C(=O)C(NC(=O)CCCC(N)C(=O)O)(OC)C2SC1. The number of carbonyl (C=O) groups is 5. The number of ether oxygens (including phenoxy) is 3. The predicted octanol–water partition coefficient (Wildman–Crippen LogP) is 0.512. The molecule has 5 N–H and O–H groups in total. The molecule has 0 aliphatic carbocycles. The van der Waals surface area contributed by atoms with Crippen LogP contribution in [-0.2, 0) is 38.2 Å². The third kappa shape index (κ3) is 6.41. The molecule has 39 heavy (non-hydrogen) atoms. The fourth-order valence-corrected chi connectivity index (χ4v) is 5.48. The van der Waals surface area contributed by atoms with Crippen LogP contribution in [0.3, 0.4) is 0 Å². The summed E-state index contributed by atoms with van der Waals surface area (Å²) in [5.74, 6) is -4.83. The highest BCUT2D eigenvalue weighted by Gasteiger charge is 2.66. The summed E-state index contributed by atoms with van der Waals surface area (Å²) in [5.41, 5.74) is 4.15. The number of hydrogen-bond acceptors (Lipinski definition) is 10. The molecule has 3 rings (SSSR count). The summed E-state index contributed by atoms with van der Waals surface area (Å²) in [6.45, 7) is -0.407. The molecule has 0 radical (unpaired) electrons. The number of fused-ring (bicyclic) bond motifs is 1. The standard InChI is InChI=1S/C25H29N3O10S/c1-36-17(11-14-7-4-3-5-8-14)22(34)38-12-15-13-39-24-25(37-2,23(35)28(24)19(15)21(32)33)27-18(29)10-6-9-16(26)20(30)31/h3-5,7-8,11,16,24H,6,9-10,12-13,26H2,1-2H3,(H,27,29)(H,30,31)(H,32,33). The Morgan fingerprint density at radius 3 is 2.51 bits per heavy atom. The minimum Gasteiger partial charge on any atom is -0.490 e. The number of benzene rings is 1. The van der Waals surface area contributed by atoms with Crippen molar-refractivity contribution in [2.45, 2.75) is 36.4 Å². The molecule has 13 nitrogen and oxygen atoms in total. The molecule has 14 heteroatoms. The fraction of sp³-hybridized carbons (Fsp3) is 0.400. The first-order chi connectivity index (χ1) is 18.5. The van der Waals surface area contributed by atoms with Gasteiger partial charge in [0.25, 0.3) is 11.6 Å². The third-order valence-electron chi connectivity index (χ3n) is 6.09. The summed E-state index contributed by atoms with van der Waals surface area (Å²) in [4.78, 5) is 62.2. The highest BCUT2D eigenvalue weighted by atomic mass is 32.2. The van der Waals surface area contributed by atoms with Crippen molar-refractivity contribution in [1.82, 2.24) is 10.2 Å². The maximum atomic E-state index is 13.2. The van der Waals surface area contributed by atoms with E-state index in [9.17, 15) is 29.1 Å². The molecule has 2 heterocycles. The van der Waals surface area contributed by atoms with Gasteiger partial charge in [-0.15, -0.1) is 11.8 Å². The van der Waals surface area contributed by atoms with Crippen molar-refractivity contribution in [2.75, 3.05) is 26.6 Å². The van der Waals surface area contributed by atoms with Gasteiger partial charge >= 0.3 is 17.9 Å². The maximum absolute atomic E-state index is 13.2. The number of nitrogens with one attached hydrogen (secondary N) is 1. The molecule has 3 unspecified atom stereocenters. The van der Waals surface area contributed by atoms with Gasteiger partial charge in [-0.3, -0.25) is 19.3 Å². The largest absolute Gasteiger partial charge is 0.490 e. The summed E-state index contributed by atoms with van der Waals surface area (Å²) in [6.07, 6.45) is 1.58. The molecule has 1 fully saturated rings. The van der Waals surface area contributed by atoms with Gasteiger partial charge in [-0.05, 0) is 24.5 Å². The Hall–Kier alpha value is -3.88. The van der Waals surface area contributed by atoms with Crippen LogP contribution in [0.4, 0.5) is 0 Å². The Morgan fingerprint density at radius 2 is 1.92 bits per heavy atom. The minimum absolute atomic E-state index is 0.0558.